The van der Waals surface area contributed by atoms with Gasteiger partial charge in [0.25, 0.3) is 0 Å². The molecular formula is C16H26N4O2S. The van der Waals surface area contributed by atoms with Gasteiger partial charge in [-0.1, -0.05) is 19.1 Å². The molecule has 23 heavy (non-hydrogen) atoms. The molecule has 0 amide bonds. The second-order valence-electron chi connectivity index (χ2n) is 5.92. The van der Waals surface area contributed by atoms with Crippen LogP contribution >= 0.6 is 0 Å². The summed E-state index contributed by atoms with van der Waals surface area (Å²) >= 11 is 0. The molecule has 0 aromatic heterocycles. The number of sulfonamides is 1. The first kappa shape index (κ1) is 17.7. The van der Waals surface area contributed by atoms with Gasteiger partial charge in [0.15, 0.2) is 5.96 Å². The van der Waals surface area contributed by atoms with Gasteiger partial charge < -0.3 is 10.6 Å². The third-order valence-electron chi connectivity index (χ3n) is 3.81. The number of guanidine groups is 1. The summed E-state index contributed by atoms with van der Waals surface area (Å²) in [5.41, 5.74) is 1.00. The van der Waals surface area contributed by atoms with Crippen molar-refractivity contribution in [2.24, 2.45) is 4.99 Å². The Labute approximate surface area is 138 Å². The second kappa shape index (κ2) is 7.79. The second-order valence-corrected chi connectivity index (χ2v) is 7.63. The Morgan fingerprint density at radius 1 is 1.30 bits per heavy atom. The van der Waals surface area contributed by atoms with E-state index in [1.807, 2.05) is 12.1 Å². The molecule has 128 valence electrons. The van der Waals surface area contributed by atoms with Gasteiger partial charge in [-0.25, -0.2) is 13.1 Å². The monoisotopic (exact) mass is 338 g/mol. The van der Waals surface area contributed by atoms with Gasteiger partial charge in [-0.3, -0.25) is 4.99 Å². The van der Waals surface area contributed by atoms with Crippen molar-refractivity contribution in [1.82, 2.24) is 15.4 Å². The summed E-state index contributed by atoms with van der Waals surface area (Å²) in [7, 11) is -1.64. The molecule has 0 heterocycles. The summed E-state index contributed by atoms with van der Waals surface area (Å²) in [6.45, 7) is 4.80. The molecule has 1 unspecified atom stereocenters. The smallest absolute Gasteiger partial charge is 0.240 e. The largest absolute Gasteiger partial charge is 0.354 e. The SMILES string of the molecule is CCC(C)NC(=NC)NCc1ccc(S(=O)(=O)NC2CC2)cc1. The summed E-state index contributed by atoms with van der Waals surface area (Å²) in [5.74, 6) is 0.742. The molecule has 0 radical (unpaired) electrons. The lowest BCUT2D eigenvalue weighted by Crippen LogP contribution is -2.41. The number of aliphatic imine (C=N–C) groups is 1. The predicted octanol–water partition coefficient (Wildman–Crippen LogP) is 1.59. The zero-order chi connectivity index (χ0) is 16.9. The Morgan fingerprint density at radius 2 is 1.96 bits per heavy atom. The number of nitrogens with one attached hydrogen (secondary N) is 3. The first-order valence-electron chi connectivity index (χ1n) is 8.03. The Bertz CT molecular complexity index is 637. The van der Waals surface area contributed by atoms with E-state index in [1.54, 1.807) is 19.2 Å². The molecule has 1 aliphatic rings. The molecule has 1 saturated carbocycles. The van der Waals surface area contributed by atoms with Gasteiger partial charge in [0.05, 0.1) is 4.90 Å². The van der Waals surface area contributed by atoms with Crippen LogP contribution in [0.25, 0.3) is 0 Å². The molecule has 0 aliphatic heterocycles. The van der Waals surface area contributed by atoms with Gasteiger partial charge in [0.2, 0.25) is 10.0 Å². The molecule has 2 rings (SSSR count). The molecule has 3 N–H and O–H groups in total. The molecule has 1 aromatic carbocycles. The first-order chi connectivity index (χ1) is 10.9. The van der Waals surface area contributed by atoms with Crippen LogP contribution in [0.15, 0.2) is 34.2 Å². The lowest BCUT2D eigenvalue weighted by Gasteiger charge is -2.16. The van der Waals surface area contributed by atoms with Crippen molar-refractivity contribution >= 4 is 16.0 Å². The summed E-state index contributed by atoms with van der Waals surface area (Å²) in [6, 6.07) is 7.41. The van der Waals surface area contributed by atoms with Crippen LogP contribution in [-0.4, -0.2) is 33.5 Å². The Morgan fingerprint density at radius 3 is 2.48 bits per heavy atom. The highest BCUT2D eigenvalue weighted by atomic mass is 32.2. The van der Waals surface area contributed by atoms with Gasteiger partial charge in [-0.05, 0) is 43.9 Å². The van der Waals surface area contributed by atoms with Crippen LogP contribution in [0.5, 0.6) is 0 Å². The zero-order valence-corrected chi connectivity index (χ0v) is 14.8. The predicted molar refractivity (Wildman–Crippen MR) is 92.9 cm³/mol. The highest BCUT2D eigenvalue weighted by molar-refractivity contribution is 7.89. The molecule has 7 heteroatoms. The van der Waals surface area contributed by atoms with Crippen LogP contribution in [0.3, 0.4) is 0 Å². The van der Waals surface area contributed by atoms with Crippen molar-refractivity contribution in [3.63, 3.8) is 0 Å². The fraction of sp³-hybridized carbons (Fsp3) is 0.562. The van der Waals surface area contributed by atoms with Crippen LogP contribution in [0.1, 0.15) is 38.7 Å². The van der Waals surface area contributed by atoms with E-state index in [0.29, 0.717) is 17.5 Å². The third-order valence-corrected chi connectivity index (χ3v) is 5.35. The highest BCUT2D eigenvalue weighted by Gasteiger charge is 2.27. The maximum Gasteiger partial charge on any atom is 0.240 e. The molecule has 6 nitrogen and oxygen atoms in total. The number of hydrogen-bond acceptors (Lipinski definition) is 3. The van der Waals surface area contributed by atoms with Crippen molar-refractivity contribution in [2.45, 2.75) is 56.6 Å². The van der Waals surface area contributed by atoms with E-state index in [4.69, 9.17) is 0 Å². The normalized spacial score (nSPS) is 16.9. The Balaban J connectivity index is 1.92. The summed E-state index contributed by atoms with van der Waals surface area (Å²) < 4.78 is 26.9. The van der Waals surface area contributed by atoms with Gasteiger partial charge >= 0.3 is 0 Å². The Kier molecular flexibility index (Phi) is 6.01. The highest BCUT2D eigenvalue weighted by Crippen LogP contribution is 2.22. The topological polar surface area (TPSA) is 82.6 Å². The minimum Gasteiger partial charge on any atom is -0.354 e. The molecule has 0 saturated heterocycles. The summed E-state index contributed by atoms with van der Waals surface area (Å²) in [4.78, 5) is 4.49. The van der Waals surface area contributed by atoms with Crippen molar-refractivity contribution in [1.29, 1.82) is 0 Å². The van der Waals surface area contributed by atoms with Crippen molar-refractivity contribution < 1.29 is 8.42 Å². The van der Waals surface area contributed by atoms with Gasteiger partial charge in [-0.15, -0.1) is 0 Å². The van der Waals surface area contributed by atoms with E-state index >= 15 is 0 Å². The van der Waals surface area contributed by atoms with E-state index in [9.17, 15) is 8.42 Å². The summed E-state index contributed by atoms with van der Waals surface area (Å²) in [5, 5.41) is 6.51. The van der Waals surface area contributed by atoms with E-state index in [2.05, 4.69) is 34.2 Å². The standard InChI is InChI=1S/C16H26N4O2S/c1-4-12(2)19-16(17-3)18-11-13-5-9-15(10-6-13)23(21,22)20-14-7-8-14/h5-6,9-10,12,14,20H,4,7-8,11H2,1-3H3,(H2,17,18,19). The number of benzene rings is 1. The van der Waals surface area contributed by atoms with Gasteiger partial charge in [0.1, 0.15) is 0 Å². The minimum atomic E-state index is -3.38. The minimum absolute atomic E-state index is 0.122. The van der Waals surface area contributed by atoms with E-state index < -0.39 is 10.0 Å². The molecule has 1 aliphatic carbocycles. The molecule has 0 spiro atoms. The van der Waals surface area contributed by atoms with Crippen LogP contribution in [-0.2, 0) is 16.6 Å². The maximum atomic E-state index is 12.1. The maximum absolute atomic E-state index is 12.1. The number of nitrogens with zero attached hydrogens (tertiary/aromatic N) is 1. The average molecular weight is 338 g/mol. The van der Waals surface area contributed by atoms with Crippen molar-refractivity contribution in [2.75, 3.05) is 7.05 Å². The number of hydrogen-bond donors (Lipinski definition) is 3. The summed E-state index contributed by atoms with van der Waals surface area (Å²) in [6.07, 6.45) is 2.88. The van der Waals surface area contributed by atoms with Crippen LogP contribution in [0.2, 0.25) is 0 Å². The van der Waals surface area contributed by atoms with Crippen molar-refractivity contribution in [3.05, 3.63) is 29.8 Å². The molecular weight excluding hydrogens is 312 g/mol. The van der Waals surface area contributed by atoms with E-state index in [-0.39, 0.29) is 6.04 Å². The van der Waals surface area contributed by atoms with E-state index in [0.717, 1.165) is 30.8 Å². The van der Waals surface area contributed by atoms with Crippen molar-refractivity contribution in [3.8, 4) is 0 Å². The van der Waals surface area contributed by atoms with E-state index in [1.165, 1.54) is 0 Å². The molecule has 1 fully saturated rings. The fourth-order valence-electron chi connectivity index (χ4n) is 1.99. The third kappa shape index (κ3) is 5.51. The average Bonchev–Trinajstić information content (AvgIpc) is 3.34. The number of rotatable bonds is 7. The molecule has 1 aromatic rings. The lowest BCUT2D eigenvalue weighted by molar-refractivity contribution is 0.581. The van der Waals surface area contributed by atoms with Gasteiger partial charge in [-0.2, -0.15) is 0 Å². The molecule has 1 atom stereocenters. The van der Waals surface area contributed by atoms with Crippen LogP contribution in [0.4, 0.5) is 0 Å². The Hall–Kier alpha value is -1.60. The zero-order valence-electron chi connectivity index (χ0n) is 14.0. The quantitative estimate of drug-likeness (QED) is 0.521. The fourth-order valence-corrected chi connectivity index (χ4v) is 3.30. The molecule has 0 bridgehead atoms. The lowest BCUT2D eigenvalue weighted by atomic mass is 10.2. The van der Waals surface area contributed by atoms with Crippen LogP contribution < -0.4 is 15.4 Å². The van der Waals surface area contributed by atoms with Crippen LogP contribution in [0, 0.1) is 0 Å². The first-order valence-corrected chi connectivity index (χ1v) is 9.51. The van der Waals surface area contributed by atoms with Gasteiger partial charge in [0, 0.05) is 25.7 Å².